The Labute approximate surface area is 139 Å². The number of fused-ring (bicyclic) bond motifs is 1. The minimum absolute atomic E-state index is 0.321. The number of benzene rings is 1. The van der Waals surface area contributed by atoms with E-state index in [1.807, 2.05) is 30.3 Å². The number of nitrogens with zero attached hydrogens (tertiary/aromatic N) is 3. The number of hydrogen-bond acceptors (Lipinski definition) is 5. The van der Waals surface area contributed by atoms with Gasteiger partial charge in [-0.3, -0.25) is 9.52 Å². The van der Waals surface area contributed by atoms with E-state index >= 15 is 0 Å². The smallest absolute Gasteiger partial charge is 0.258 e. The lowest BCUT2D eigenvalue weighted by molar-refractivity contribution is -0.114. The average molecular weight is 340 g/mol. The number of amides is 1. The third kappa shape index (κ3) is 2.28. The molecule has 0 aliphatic carbocycles. The number of nitrogens with one attached hydrogen (secondary N) is 1. The van der Waals surface area contributed by atoms with Crippen LogP contribution in [0.2, 0.25) is 0 Å². The maximum absolute atomic E-state index is 11.9. The molecule has 1 amide bonds. The van der Waals surface area contributed by atoms with Crippen molar-refractivity contribution in [3.63, 3.8) is 0 Å². The fourth-order valence-electron chi connectivity index (χ4n) is 2.63. The predicted octanol–water partition coefficient (Wildman–Crippen LogP) is 1.70. The van der Waals surface area contributed by atoms with E-state index in [-0.39, 0.29) is 5.91 Å². The first kappa shape index (κ1) is 14.6. The SMILES string of the molecule is COc1ncccc1-c1ccc2c(cnn2C2=CC(=O)NS2=O)c1. The number of aromatic nitrogens is 3. The molecule has 1 aromatic carbocycles. The zero-order valence-corrected chi connectivity index (χ0v) is 13.4. The summed E-state index contributed by atoms with van der Waals surface area (Å²) < 4.78 is 21.1. The normalized spacial score (nSPS) is 17.0. The Hall–Kier alpha value is -3.00. The minimum atomic E-state index is -1.59. The van der Waals surface area contributed by atoms with Crippen molar-refractivity contribution in [3.05, 3.63) is 48.8 Å². The Morgan fingerprint density at radius 2 is 2.17 bits per heavy atom. The lowest BCUT2D eigenvalue weighted by Crippen LogP contribution is -2.17. The van der Waals surface area contributed by atoms with Gasteiger partial charge >= 0.3 is 0 Å². The van der Waals surface area contributed by atoms with Gasteiger partial charge in [-0.25, -0.2) is 13.9 Å². The van der Waals surface area contributed by atoms with Crippen LogP contribution in [0.1, 0.15) is 0 Å². The third-order valence-corrected chi connectivity index (χ3v) is 4.75. The number of methoxy groups -OCH3 is 1. The summed E-state index contributed by atoms with van der Waals surface area (Å²) in [6.07, 6.45) is 4.63. The van der Waals surface area contributed by atoms with Crippen LogP contribution in [-0.4, -0.2) is 32.0 Å². The summed E-state index contributed by atoms with van der Waals surface area (Å²) in [6.45, 7) is 0. The molecule has 0 saturated heterocycles. The lowest BCUT2D eigenvalue weighted by Gasteiger charge is -2.07. The summed E-state index contributed by atoms with van der Waals surface area (Å²) in [4.78, 5) is 15.6. The van der Waals surface area contributed by atoms with Crippen molar-refractivity contribution in [1.29, 1.82) is 0 Å². The Morgan fingerprint density at radius 1 is 1.29 bits per heavy atom. The van der Waals surface area contributed by atoms with Crippen LogP contribution >= 0.6 is 0 Å². The molecule has 3 aromatic rings. The Kier molecular flexibility index (Phi) is 3.39. The fraction of sp³-hybridized carbons (Fsp3) is 0.0625. The van der Waals surface area contributed by atoms with Gasteiger partial charge in [0.1, 0.15) is 0 Å². The first-order valence-electron chi connectivity index (χ1n) is 7.09. The van der Waals surface area contributed by atoms with Gasteiger partial charge < -0.3 is 4.74 Å². The Bertz CT molecular complexity index is 1030. The van der Waals surface area contributed by atoms with E-state index in [1.165, 1.54) is 10.8 Å². The molecule has 3 heterocycles. The summed E-state index contributed by atoms with van der Waals surface area (Å²) in [7, 11) is -0.0128. The van der Waals surface area contributed by atoms with Gasteiger partial charge in [-0.1, -0.05) is 6.07 Å². The summed E-state index contributed by atoms with van der Waals surface area (Å²) in [5.74, 6) is 0.155. The van der Waals surface area contributed by atoms with Crippen LogP contribution in [0, 0.1) is 0 Å². The number of pyridine rings is 1. The summed E-state index contributed by atoms with van der Waals surface area (Å²) >= 11 is 0. The van der Waals surface area contributed by atoms with Gasteiger partial charge in [0.15, 0.2) is 16.0 Å². The van der Waals surface area contributed by atoms with Gasteiger partial charge in [0, 0.05) is 23.2 Å². The van der Waals surface area contributed by atoms with Crippen LogP contribution in [-0.2, 0) is 15.8 Å². The van der Waals surface area contributed by atoms with E-state index in [2.05, 4.69) is 14.8 Å². The summed E-state index contributed by atoms with van der Waals surface area (Å²) in [5.41, 5.74) is 2.57. The van der Waals surface area contributed by atoms with E-state index in [1.54, 1.807) is 19.5 Å². The largest absolute Gasteiger partial charge is 0.481 e. The van der Waals surface area contributed by atoms with Crippen LogP contribution in [0.15, 0.2) is 48.8 Å². The van der Waals surface area contributed by atoms with Crippen LogP contribution < -0.4 is 9.46 Å². The second kappa shape index (κ2) is 5.57. The topological polar surface area (TPSA) is 86.1 Å². The monoisotopic (exact) mass is 340 g/mol. The molecule has 2 aromatic heterocycles. The molecule has 4 rings (SSSR count). The number of carbonyl (C=O) groups excluding carboxylic acids is 1. The molecule has 1 aliphatic rings. The maximum atomic E-state index is 11.9. The highest BCUT2D eigenvalue weighted by Gasteiger charge is 2.23. The number of rotatable bonds is 3. The molecule has 120 valence electrons. The van der Waals surface area contributed by atoms with Gasteiger partial charge in [0.25, 0.3) is 5.91 Å². The second-order valence-corrected chi connectivity index (χ2v) is 6.27. The van der Waals surface area contributed by atoms with Gasteiger partial charge in [-0.15, -0.1) is 0 Å². The van der Waals surface area contributed by atoms with E-state index in [0.29, 0.717) is 10.9 Å². The minimum Gasteiger partial charge on any atom is -0.481 e. The van der Waals surface area contributed by atoms with Crippen LogP contribution in [0.5, 0.6) is 5.88 Å². The molecule has 24 heavy (non-hydrogen) atoms. The molecule has 0 radical (unpaired) electrons. The molecule has 8 heteroatoms. The third-order valence-electron chi connectivity index (χ3n) is 3.69. The van der Waals surface area contributed by atoms with Crippen LogP contribution in [0.4, 0.5) is 0 Å². The van der Waals surface area contributed by atoms with Crippen molar-refractivity contribution >= 4 is 32.8 Å². The molecule has 0 bridgehead atoms. The number of carbonyl (C=O) groups is 1. The highest BCUT2D eigenvalue weighted by molar-refractivity contribution is 7.93. The van der Waals surface area contributed by atoms with Gasteiger partial charge in [-0.05, 0) is 29.8 Å². The van der Waals surface area contributed by atoms with Crippen LogP contribution in [0.3, 0.4) is 0 Å². The Balaban J connectivity index is 1.83. The van der Waals surface area contributed by atoms with E-state index < -0.39 is 11.0 Å². The first-order chi connectivity index (χ1) is 11.7. The summed E-state index contributed by atoms with van der Waals surface area (Å²) in [5, 5.41) is 5.43. The second-order valence-electron chi connectivity index (χ2n) is 5.11. The van der Waals surface area contributed by atoms with Crippen molar-refractivity contribution in [2.45, 2.75) is 0 Å². The van der Waals surface area contributed by atoms with Crippen molar-refractivity contribution < 1.29 is 13.7 Å². The number of ether oxygens (including phenoxy) is 1. The average Bonchev–Trinajstić information content (AvgIpc) is 3.16. The van der Waals surface area contributed by atoms with Crippen molar-refractivity contribution in [3.8, 4) is 17.0 Å². The molecule has 0 saturated carbocycles. The molecule has 0 fully saturated rings. The standard InChI is InChI=1S/C16H12N4O3S/c1-23-16-12(3-2-6-17-16)10-4-5-13-11(7-10)9-18-20(13)15-8-14(21)19-24(15)22/h2-9H,1H3,(H,19,21). The zero-order valence-electron chi connectivity index (χ0n) is 12.6. The molecule has 1 N–H and O–H groups in total. The predicted molar refractivity (Wildman–Crippen MR) is 90.1 cm³/mol. The van der Waals surface area contributed by atoms with Gasteiger partial charge in [0.2, 0.25) is 5.88 Å². The maximum Gasteiger partial charge on any atom is 0.258 e. The Morgan fingerprint density at radius 3 is 2.92 bits per heavy atom. The van der Waals surface area contributed by atoms with Gasteiger partial charge in [0.05, 0.1) is 18.8 Å². The summed E-state index contributed by atoms with van der Waals surface area (Å²) in [6, 6.07) is 9.49. The van der Waals surface area contributed by atoms with Crippen molar-refractivity contribution in [1.82, 2.24) is 19.5 Å². The van der Waals surface area contributed by atoms with Crippen molar-refractivity contribution in [2.24, 2.45) is 0 Å². The molecule has 7 nitrogen and oxygen atoms in total. The van der Waals surface area contributed by atoms with E-state index in [9.17, 15) is 9.00 Å². The van der Waals surface area contributed by atoms with Gasteiger partial charge in [-0.2, -0.15) is 5.10 Å². The van der Waals surface area contributed by atoms with E-state index in [0.717, 1.165) is 22.0 Å². The molecule has 1 unspecified atom stereocenters. The molecular formula is C16H12N4O3S. The quantitative estimate of drug-likeness (QED) is 0.784. The molecule has 1 atom stereocenters. The molecule has 0 spiro atoms. The fourth-order valence-corrected chi connectivity index (χ4v) is 3.49. The lowest BCUT2D eigenvalue weighted by atomic mass is 10.1. The molecule has 1 aliphatic heterocycles. The highest BCUT2D eigenvalue weighted by Crippen LogP contribution is 2.31. The van der Waals surface area contributed by atoms with Crippen molar-refractivity contribution in [2.75, 3.05) is 7.11 Å². The number of hydrogen-bond donors (Lipinski definition) is 1. The first-order valence-corrected chi connectivity index (χ1v) is 8.24. The highest BCUT2D eigenvalue weighted by atomic mass is 32.2. The molecular weight excluding hydrogens is 328 g/mol. The zero-order chi connectivity index (χ0) is 16.7. The van der Waals surface area contributed by atoms with E-state index in [4.69, 9.17) is 4.74 Å². The van der Waals surface area contributed by atoms with Crippen LogP contribution in [0.25, 0.3) is 27.1 Å².